The lowest BCUT2D eigenvalue weighted by Gasteiger charge is -2.16. The summed E-state index contributed by atoms with van der Waals surface area (Å²) in [6, 6.07) is 3.29. The number of benzene rings is 1. The fraction of sp³-hybridized carbons (Fsp3) is 0.455. The fourth-order valence-electron chi connectivity index (χ4n) is 1.49. The van der Waals surface area contributed by atoms with E-state index in [1.165, 1.54) is 0 Å². The van der Waals surface area contributed by atoms with Crippen LogP contribution in [0.2, 0.25) is 10.0 Å². The number of halogens is 2. The first-order chi connectivity index (χ1) is 7.04. The molecule has 15 heavy (non-hydrogen) atoms. The maximum absolute atomic E-state index is 9.72. The SMILES string of the molecule is CCCN(C)Cc1cc(Cl)cc(Cl)c1O. The quantitative estimate of drug-likeness (QED) is 0.880. The maximum Gasteiger partial charge on any atom is 0.138 e. The molecule has 0 amide bonds. The van der Waals surface area contributed by atoms with Crippen molar-refractivity contribution in [3.8, 4) is 5.75 Å². The summed E-state index contributed by atoms with van der Waals surface area (Å²) in [6.07, 6.45) is 1.07. The van der Waals surface area contributed by atoms with Crippen molar-refractivity contribution in [1.29, 1.82) is 0 Å². The van der Waals surface area contributed by atoms with Gasteiger partial charge in [0.25, 0.3) is 0 Å². The normalized spacial score (nSPS) is 11.0. The van der Waals surface area contributed by atoms with Crippen LogP contribution in [-0.2, 0) is 6.54 Å². The minimum Gasteiger partial charge on any atom is -0.506 e. The van der Waals surface area contributed by atoms with E-state index in [2.05, 4.69) is 11.8 Å². The first-order valence-corrected chi connectivity index (χ1v) is 5.65. The third-order valence-corrected chi connectivity index (χ3v) is 2.66. The van der Waals surface area contributed by atoms with E-state index < -0.39 is 0 Å². The summed E-state index contributed by atoms with van der Waals surface area (Å²) in [7, 11) is 2.00. The maximum atomic E-state index is 9.72. The summed E-state index contributed by atoms with van der Waals surface area (Å²) in [5.41, 5.74) is 0.767. The first-order valence-electron chi connectivity index (χ1n) is 4.90. The monoisotopic (exact) mass is 247 g/mol. The molecule has 0 radical (unpaired) electrons. The second-order valence-corrected chi connectivity index (χ2v) is 4.48. The van der Waals surface area contributed by atoms with E-state index in [1.807, 2.05) is 7.05 Å². The van der Waals surface area contributed by atoms with Crippen LogP contribution < -0.4 is 0 Å². The zero-order valence-electron chi connectivity index (χ0n) is 8.93. The number of nitrogens with zero attached hydrogens (tertiary/aromatic N) is 1. The van der Waals surface area contributed by atoms with E-state index >= 15 is 0 Å². The van der Waals surface area contributed by atoms with Crippen LogP contribution in [0.25, 0.3) is 0 Å². The smallest absolute Gasteiger partial charge is 0.138 e. The molecule has 0 aliphatic rings. The molecule has 0 heterocycles. The van der Waals surface area contributed by atoms with E-state index in [9.17, 15) is 5.11 Å². The largest absolute Gasteiger partial charge is 0.506 e. The van der Waals surface area contributed by atoms with Crippen molar-refractivity contribution in [2.75, 3.05) is 13.6 Å². The predicted molar refractivity (Wildman–Crippen MR) is 64.8 cm³/mol. The Morgan fingerprint density at radius 1 is 1.33 bits per heavy atom. The molecule has 1 aromatic carbocycles. The van der Waals surface area contributed by atoms with Gasteiger partial charge in [-0.3, -0.25) is 0 Å². The average Bonchev–Trinajstić information content (AvgIpc) is 2.13. The van der Waals surface area contributed by atoms with Gasteiger partial charge in [-0.2, -0.15) is 0 Å². The van der Waals surface area contributed by atoms with Crippen molar-refractivity contribution in [1.82, 2.24) is 4.90 Å². The molecule has 0 unspecified atom stereocenters. The highest BCUT2D eigenvalue weighted by Gasteiger charge is 2.09. The molecule has 1 aromatic rings. The van der Waals surface area contributed by atoms with E-state index in [4.69, 9.17) is 23.2 Å². The van der Waals surface area contributed by atoms with Gasteiger partial charge in [-0.05, 0) is 32.1 Å². The molecule has 1 rings (SSSR count). The molecule has 0 aliphatic heterocycles. The summed E-state index contributed by atoms with van der Waals surface area (Å²) in [5.74, 6) is 0.129. The standard InChI is InChI=1S/C11H15Cl2NO/c1-3-4-14(2)7-8-5-9(12)6-10(13)11(8)15/h5-6,15H,3-4,7H2,1-2H3. The Kier molecular flexibility index (Phi) is 4.71. The second kappa shape index (κ2) is 5.59. The minimum absolute atomic E-state index is 0.129. The average molecular weight is 248 g/mol. The topological polar surface area (TPSA) is 23.5 Å². The Balaban J connectivity index is 2.84. The van der Waals surface area contributed by atoms with Crippen LogP contribution in [0.3, 0.4) is 0 Å². The van der Waals surface area contributed by atoms with Gasteiger partial charge in [0.1, 0.15) is 5.75 Å². The number of phenols is 1. The molecular weight excluding hydrogens is 233 g/mol. The van der Waals surface area contributed by atoms with Gasteiger partial charge >= 0.3 is 0 Å². The summed E-state index contributed by atoms with van der Waals surface area (Å²) in [4.78, 5) is 2.11. The highest BCUT2D eigenvalue weighted by Crippen LogP contribution is 2.31. The minimum atomic E-state index is 0.129. The summed E-state index contributed by atoms with van der Waals surface area (Å²) in [6.45, 7) is 3.74. The van der Waals surface area contributed by atoms with Crippen LogP contribution >= 0.6 is 23.2 Å². The summed E-state index contributed by atoms with van der Waals surface area (Å²) >= 11 is 11.7. The van der Waals surface area contributed by atoms with Gasteiger partial charge in [0.15, 0.2) is 0 Å². The van der Waals surface area contributed by atoms with Crippen molar-refractivity contribution < 1.29 is 5.11 Å². The van der Waals surface area contributed by atoms with Crippen LogP contribution in [0.15, 0.2) is 12.1 Å². The van der Waals surface area contributed by atoms with E-state index in [0.29, 0.717) is 16.6 Å². The predicted octanol–water partition coefficient (Wildman–Crippen LogP) is 3.54. The number of rotatable bonds is 4. The molecule has 84 valence electrons. The van der Waals surface area contributed by atoms with Crippen molar-refractivity contribution in [2.45, 2.75) is 19.9 Å². The Morgan fingerprint density at radius 2 is 2.00 bits per heavy atom. The molecule has 0 spiro atoms. The molecule has 1 N–H and O–H groups in total. The van der Waals surface area contributed by atoms with Crippen molar-refractivity contribution in [2.24, 2.45) is 0 Å². The van der Waals surface area contributed by atoms with Gasteiger partial charge < -0.3 is 10.0 Å². The van der Waals surface area contributed by atoms with Crippen LogP contribution in [0, 0.1) is 0 Å². The zero-order valence-corrected chi connectivity index (χ0v) is 10.4. The van der Waals surface area contributed by atoms with Gasteiger partial charge in [-0.1, -0.05) is 30.1 Å². The second-order valence-electron chi connectivity index (χ2n) is 3.63. The molecule has 0 saturated heterocycles. The lowest BCUT2D eigenvalue weighted by molar-refractivity contribution is 0.321. The zero-order chi connectivity index (χ0) is 11.4. The molecule has 0 aromatic heterocycles. The molecule has 4 heteroatoms. The molecule has 0 bridgehead atoms. The number of hydrogen-bond acceptors (Lipinski definition) is 2. The Bertz CT molecular complexity index is 342. The molecule has 0 atom stereocenters. The Hall–Kier alpha value is -0.440. The molecule has 2 nitrogen and oxygen atoms in total. The van der Waals surface area contributed by atoms with Crippen LogP contribution in [0.5, 0.6) is 5.75 Å². The summed E-state index contributed by atoms with van der Waals surface area (Å²) < 4.78 is 0. The van der Waals surface area contributed by atoms with E-state index in [-0.39, 0.29) is 5.75 Å². The van der Waals surface area contributed by atoms with E-state index in [0.717, 1.165) is 18.5 Å². The number of phenolic OH excluding ortho intramolecular Hbond substituents is 1. The summed E-state index contributed by atoms with van der Waals surface area (Å²) in [5, 5.41) is 10.6. The van der Waals surface area contributed by atoms with Gasteiger partial charge in [0, 0.05) is 17.1 Å². The van der Waals surface area contributed by atoms with Crippen LogP contribution in [0.4, 0.5) is 0 Å². The van der Waals surface area contributed by atoms with Gasteiger partial charge in [0.2, 0.25) is 0 Å². The highest BCUT2D eigenvalue weighted by atomic mass is 35.5. The van der Waals surface area contributed by atoms with Crippen molar-refractivity contribution in [3.05, 3.63) is 27.7 Å². The van der Waals surface area contributed by atoms with Crippen molar-refractivity contribution >= 4 is 23.2 Å². The van der Waals surface area contributed by atoms with Gasteiger partial charge in [-0.15, -0.1) is 0 Å². The Morgan fingerprint density at radius 3 is 2.60 bits per heavy atom. The fourth-order valence-corrected chi connectivity index (χ4v) is 2.03. The molecular formula is C11H15Cl2NO. The van der Waals surface area contributed by atoms with Gasteiger partial charge in [-0.25, -0.2) is 0 Å². The van der Waals surface area contributed by atoms with Crippen molar-refractivity contribution in [3.63, 3.8) is 0 Å². The Labute approximate surface area is 100 Å². The van der Waals surface area contributed by atoms with E-state index in [1.54, 1.807) is 12.1 Å². The van der Waals surface area contributed by atoms with Crippen LogP contribution in [0.1, 0.15) is 18.9 Å². The highest BCUT2D eigenvalue weighted by molar-refractivity contribution is 6.35. The van der Waals surface area contributed by atoms with Crippen LogP contribution in [-0.4, -0.2) is 23.6 Å². The third kappa shape index (κ3) is 3.56. The number of hydrogen-bond donors (Lipinski definition) is 1. The number of aromatic hydroxyl groups is 1. The lowest BCUT2D eigenvalue weighted by Crippen LogP contribution is -2.18. The molecule has 0 fully saturated rings. The third-order valence-electron chi connectivity index (χ3n) is 2.15. The molecule has 0 aliphatic carbocycles. The molecule has 0 saturated carbocycles. The van der Waals surface area contributed by atoms with Gasteiger partial charge in [0.05, 0.1) is 5.02 Å². The first kappa shape index (κ1) is 12.6. The lowest BCUT2D eigenvalue weighted by atomic mass is 10.2.